The molecule has 4 nitrogen and oxygen atoms in total. The van der Waals surface area contributed by atoms with Crippen molar-refractivity contribution in [2.75, 3.05) is 7.05 Å². The molecule has 0 aromatic heterocycles. The molecule has 18 heavy (non-hydrogen) atoms. The number of rotatable bonds is 3. The molecule has 2 fully saturated rings. The van der Waals surface area contributed by atoms with Gasteiger partial charge in [0.15, 0.2) is 0 Å². The Morgan fingerprint density at radius 1 is 0.944 bits per heavy atom. The lowest BCUT2D eigenvalue weighted by atomic mass is 9.93. The molecular formula is C13H25NO3S. The molecule has 0 aromatic rings. The van der Waals surface area contributed by atoms with Crippen LogP contribution < -0.4 is 0 Å². The zero-order valence-corrected chi connectivity index (χ0v) is 12.0. The Bertz CT molecular complexity index is 362. The van der Waals surface area contributed by atoms with Gasteiger partial charge in [-0.15, -0.1) is 0 Å². The second-order valence-electron chi connectivity index (χ2n) is 5.74. The predicted molar refractivity (Wildman–Crippen MR) is 71.8 cm³/mol. The van der Waals surface area contributed by atoms with E-state index in [1.165, 1.54) is 4.31 Å². The van der Waals surface area contributed by atoms with Crippen LogP contribution in [0.25, 0.3) is 0 Å². The number of sulfonamides is 1. The zero-order chi connectivity index (χ0) is 13.2. The molecule has 5 heteroatoms. The molecule has 0 aromatic carbocycles. The van der Waals surface area contributed by atoms with E-state index in [4.69, 9.17) is 0 Å². The van der Waals surface area contributed by atoms with Crippen LogP contribution in [0, 0.1) is 0 Å². The van der Waals surface area contributed by atoms with Crippen LogP contribution in [0.1, 0.15) is 57.8 Å². The summed E-state index contributed by atoms with van der Waals surface area (Å²) in [7, 11) is -1.57. The van der Waals surface area contributed by atoms with Crippen LogP contribution in [0.5, 0.6) is 0 Å². The van der Waals surface area contributed by atoms with Crippen molar-refractivity contribution < 1.29 is 13.5 Å². The number of aliphatic hydroxyl groups is 1. The van der Waals surface area contributed by atoms with Gasteiger partial charge in [0.05, 0.1) is 17.4 Å². The van der Waals surface area contributed by atoms with Gasteiger partial charge in [0.2, 0.25) is 10.0 Å². The lowest BCUT2D eigenvalue weighted by molar-refractivity contribution is 0.0632. The quantitative estimate of drug-likeness (QED) is 0.855. The SMILES string of the molecule is CN(C1CCCCC1O)S(=O)(=O)C1CCCCC1. The molecule has 2 atom stereocenters. The summed E-state index contributed by atoms with van der Waals surface area (Å²) in [5.74, 6) is 0. The highest BCUT2D eigenvalue weighted by molar-refractivity contribution is 7.89. The van der Waals surface area contributed by atoms with Crippen molar-refractivity contribution in [3.63, 3.8) is 0 Å². The fourth-order valence-corrected chi connectivity index (χ4v) is 5.33. The summed E-state index contributed by atoms with van der Waals surface area (Å²) >= 11 is 0. The molecule has 2 aliphatic carbocycles. The first-order valence-electron chi connectivity index (χ1n) is 7.18. The zero-order valence-electron chi connectivity index (χ0n) is 11.2. The number of aliphatic hydroxyl groups excluding tert-OH is 1. The molecule has 2 unspecified atom stereocenters. The fraction of sp³-hybridized carbons (Fsp3) is 1.00. The molecular weight excluding hydrogens is 250 g/mol. The highest BCUT2D eigenvalue weighted by Gasteiger charge is 2.38. The molecule has 0 amide bonds. The molecule has 1 N–H and O–H groups in total. The van der Waals surface area contributed by atoms with Crippen LogP contribution in [0.4, 0.5) is 0 Å². The molecule has 0 bridgehead atoms. The summed E-state index contributed by atoms with van der Waals surface area (Å²) in [5, 5.41) is 9.78. The highest BCUT2D eigenvalue weighted by Crippen LogP contribution is 2.30. The Hall–Kier alpha value is -0.130. The third-order valence-electron chi connectivity index (χ3n) is 4.54. The molecule has 2 saturated carbocycles. The predicted octanol–water partition coefficient (Wildman–Crippen LogP) is 1.88. The second-order valence-corrected chi connectivity index (χ2v) is 8.01. The van der Waals surface area contributed by atoms with Crippen LogP contribution in [0.2, 0.25) is 0 Å². The van der Waals surface area contributed by atoms with Gasteiger partial charge in [0.25, 0.3) is 0 Å². The van der Waals surface area contributed by atoms with E-state index in [-0.39, 0.29) is 11.3 Å². The molecule has 2 rings (SSSR count). The lowest BCUT2D eigenvalue weighted by Gasteiger charge is -2.37. The maximum Gasteiger partial charge on any atom is 0.217 e. The molecule has 2 aliphatic rings. The summed E-state index contributed by atoms with van der Waals surface area (Å²) in [6.45, 7) is 0. The van der Waals surface area contributed by atoms with Gasteiger partial charge in [-0.25, -0.2) is 8.42 Å². The summed E-state index contributed by atoms with van der Waals surface area (Å²) in [5.41, 5.74) is 0. The van der Waals surface area contributed by atoms with Gasteiger partial charge in [-0.05, 0) is 25.7 Å². The van der Waals surface area contributed by atoms with E-state index in [9.17, 15) is 13.5 Å². The minimum Gasteiger partial charge on any atom is -0.391 e. The Balaban J connectivity index is 2.07. The summed E-state index contributed by atoms with van der Waals surface area (Å²) in [6, 6.07) is -0.203. The van der Waals surface area contributed by atoms with Crippen LogP contribution in [-0.2, 0) is 10.0 Å². The normalized spacial score (nSPS) is 31.7. The first kappa shape index (κ1) is 14.3. The number of hydrogen-bond acceptors (Lipinski definition) is 3. The average Bonchev–Trinajstić information content (AvgIpc) is 2.39. The van der Waals surface area contributed by atoms with Crippen molar-refractivity contribution in [1.29, 1.82) is 0 Å². The molecule has 0 radical (unpaired) electrons. The Kier molecular flexibility index (Phi) is 4.67. The standard InChI is InChI=1S/C13H25NO3S/c1-14(12-9-5-6-10-13(12)15)18(16,17)11-7-3-2-4-8-11/h11-13,15H,2-10H2,1H3. The molecule has 0 aliphatic heterocycles. The monoisotopic (exact) mass is 275 g/mol. The second kappa shape index (κ2) is 5.88. The molecule has 0 heterocycles. The summed E-state index contributed by atoms with van der Waals surface area (Å²) < 4.78 is 26.6. The van der Waals surface area contributed by atoms with Crippen LogP contribution in [0.3, 0.4) is 0 Å². The van der Waals surface area contributed by atoms with Gasteiger partial charge in [-0.3, -0.25) is 0 Å². The number of hydrogen-bond donors (Lipinski definition) is 1. The lowest BCUT2D eigenvalue weighted by Crippen LogP contribution is -2.49. The first-order chi connectivity index (χ1) is 8.53. The van der Waals surface area contributed by atoms with Crippen molar-refractivity contribution in [2.45, 2.75) is 75.2 Å². The Labute approximate surface area is 110 Å². The van der Waals surface area contributed by atoms with E-state index >= 15 is 0 Å². The minimum absolute atomic E-state index is 0.203. The van der Waals surface area contributed by atoms with Crippen LogP contribution in [-0.4, -0.2) is 42.3 Å². The number of likely N-dealkylation sites (N-methyl/N-ethyl adjacent to an activating group) is 1. The van der Waals surface area contributed by atoms with E-state index in [1.54, 1.807) is 7.05 Å². The largest absolute Gasteiger partial charge is 0.391 e. The van der Waals surface area contributed by atoms with Crippen molar-refractivity contribution >= 4 is 10.0 Å². The maximum absolute atomic E-state index is 12.5. The smallest absolute Gasteiger partial charge is 0.217 e. The van der Waals surface area contributed by atoms with Gasteiger partial charge in [-0.2, -0.15) is 4.31 Å². The van der Waals surface area contributed by atoms with Gasteiger partial charge in [-0.1, -0.05) is 32.1 Å². The van der Waals surface area contributed by atoms with Gasteiger partial charge in [0, 0.05) is 7.05 Å². The molecule has 0 spiro atoms. The van der Waals surface area contributed by atoms with Crippen molar-refractivity contribution in [3.8, 4) is 0 Å². The topological polar surface area (TPSA) is 57.6 Å². The molecule has 106 valence electrons. The van der Waals surface area contributed by atoms with Crippen LogP contribution >= 0.6 is 0 Å². The van der Waals surface area contributed by atoms with E-state index in [0.717, 1.165) is 57.8 Å². The third kappa shape index (κ3) is 2.89. The van der Waals surface area contributed by atoms with Crippen molar-refractivity contribution in [3.05, 3.63) is 0 Å². The maximum atomic E-state index is 12.5. The van der Waals surface area contributed by atoms with Gasteiger partial charge < -0.3 is 5.11 Å². The minimum atomic E-state index is -3.22. The van der Waals surface area contributed by atoms with Crippen molar-refractivity contribution in [1.82, 2.24) is 4.31 Å². The fourth-order valence-electron chi connectivity index (χ4n) is 3.30. The summed E-state index contributed by atoms with van der Waals surface area (Å²) in [4.78, 5) is 0. The van der Waals surface area contributed by atoms with Gasteiger partial charge in [0.1, 0.15) is 0 Å². The van der Waals surface area contributed by atoms with Crippen molar-refractivity contribution in [2.24, 2.45) is 0 Å². The molecule has 0 saturated heterocycles. The first-order valence-corrected chi connectivity index (χ1v) is 8.68. The summed E-state index contributed by atoms with van der Waals surface area (Å²) in [6.07, 6.45) is 7.84. The highest BCUT2D eigenvalue weighted by atomic mass is 32.2. The third-order valence-corrected chi connectivity index (χ3v) is 6.92. The van der Waals surface area contributed by atoms with Gasteiger partial charge >= 0.3 is 0 Å². The van der Waals surface area contributed by atoms with E-state index in [2.05, 4.69) is 0 Å². The number of nitrogens with zero attached hydrogens (tertiary/aromatic N) is 1. The van der Waals surface area contributed by atoms with E-state index in [0.29, 0.717) is 0 Å². The Morgan fingerprint density at radius 2 is 1.50 bits per heavy atom. The Morgan fingerprint density at radius 3 is 2.11 bits per heavy atom. The van der Waals surface area contributed by atoms with E-state index in [1.807, 2.05) is 0 Å². The average molecular weight is 275 g/mol. The van der Waals surface area contributed by atoms with E-state index < -0.39 is 16.1 Å². The van der Waals surface area contributed by atoms with Crippen LogP contribution in [0.15, 0.2) is 0 Å².